The van der Waals surface area contributed by atoms with Crippen molar-refractivity contribution in [3.8, 4) is 0 Å². The molecule has 0 saturated heterocycles. The van der Waals surface area contributed by atoms with Gasteiger partial charge in [-0.05, 0) is 47.2 Å². The maximum atomic E-state index is 12.1. The van der Waals surface area contributed by atoms with Crippen LogP contribution >= 0.6 is 15.9 Å². The van der Waals surface area contributed by atoms with E-state index in [9.17, 15) is 20.0 Å². The van der Waals surface area contributed by atoms with E-state index in [2.05, 4.69) is 21.2 Å². The highest BCUT2D eigenvalue weighted by molar-refractivity contribution is 9.10. The maximum Gasteiger partial charge on any atom is 0.284 e. The van der Waals surface area contributed by atoms with Crippen LogP contribution in [-0.2, 0) is 0 Å². The van der Waals surface area contributed by atoms with Gasteiger partial charge < -0.3 is 10.4 Å². The fourth-order valence-corrected chi connectivity index (χ4v) is 3.21. The Hall–Kier alpha value is -1.47. The number of rotatable bonds is 4. The molecule has 7 heteroatoms. The molecule has 1 amide bonds. The lowest BCUT2D eigenvalue weighted by molar-refractivity contribution is -0.385. The Kier molecular flexibility index (Phi) is 5.30. The number of amides is 1. The zero-order valence-corrected chi connectivity index (χ0v) is 13.0. The molecule has 2 rings (SSSR count). The van der Waals surface area contributed by atoms with Gasteiger partial charge in [-0.25, -0.2) is 0 Å². The summed E-state index contributed by atoms with van der Waals surface area (Å²) in [6, 6.07) is 4.38. The van der Waals surface area contributed by atoms with Crippen LogP contribution in [0.3, 0.4) is 0 Å². The zero-order chi connectivity index (χ0) is 15.4. The van der Waals surface area contributed by atoms with E-state index in [1.165, 1.54) is 12.1 Å². The van der Waals surface area contributed by atoms with Gasteiger partial charge in [0.05, 0.1) is 16.6 Å². The first-order valence-corrected chi connectivity index (χ1v) is 7.67. The Bertz CT molecular complexity index is 550. The lowest BCUT2D eigenvalue weighted by Crippen LogP contribution is -2.33. The summed E-state index contributed by atoms with van der Waals surface area (Å²) in [4.78, 5) is 22.5. The number of halogens is 1. The highest BCUT2D eigenvalue weighted by Crippen LogP contribution is 2.28. The van der Waals surface area contributed by atoms with Crippen LogP contribution < -0.4 is 5.32 Å². The van der Waals surface area contributed by atoms with Gasteiger partial charge in [0.25, 0.3) is 11.6 Å². The van der Waals surface area contributed by atoms with Crippen molar-refractivity contribution in [3.05, 3.63) is 38.3 Å². The number of aliphatic hydroxyl groups excluding tert-OH is 1. The van der Waals surface area contributed by atoms with E-state index in [0.29, 0.717) is 13.0 Å². The van der Waals surface area contributed by atoms with Crippen LogP contribution in [0.2, 0.25) is 0 Å². The fourth-order valence-electron chi connectivity index (χ4n) is 2.62. The van der Waals surface area contributed by atoms with Crippen molar-refractivity contribution >= 4 is 27.5 Å². The molecular weight excluding hydrogens is 340 g/mol. The Morgan fingerprint density at radius 1 is 1.48 bits per heavy atom. The van der Waals surface area contributed by atoms with Crippen LogP contribution in [0.25, 0.3) is 0 Å². The van der Waals surface area contributed by atoms with E-state index < -0.39 is 4.92 Å². The number of nitrogens with one attached hydrogen (secondary N) is 1. The van der Waals surface area contributed by atoms with E-state index in [1.807, 2.05) is 0 Å². The highest BCUT2D eigenvalue weighted by atomic mass is 79.9. The van der Waals surface area contributed by atoms with Crippen molar-refractivity contribution in [1.29, 1.82) is 0 Å². The van der Waals surface area contributed by atoms with Crippen molar-refractivity contribution in [2.24, 2.45) is 5.92 Å². The van der Waals surface area contributed by atoms with Gasteiger partial charge in [-0.1, -0.05) is 12.5 Å². The first kappa shape index (κ1) is 15.9. The number of benzene rings is 1. The summed E-state index contributed by atoms with van der Waals surface area (Å²) >= 11 is 3.12. The number of nitro benzene ring substituents is 1. The van der Waals surface area contributed by atoms with Gasteiger partial charge in [0.1, 0.15) is 4.47 Å². The van der Waals surface area contributed by atoms with Crippen molar-refractivity contribution in [3.63, 3.8) is 0 Å². The molecule has 0 heterocycles. The first-order valence-electron chi connectivity index (χ1n) is 6.88. The highest BCUT2D eigenvalue weighted by Gasteiger charge is 2.23. The number of aliphatic hydroxyl groups is 1. The molecule has 0 aliphatic heterocycles. The number of carbonyl (C=O) groups is 1. The zero-order valence-electron chi connectivity index (χ0n) is 11.4. The van der Waals surface area contributed by atoms with Crippen molar-refractivity contribution in [1.82, 2.24) is 5.32 Å². The third kappa shape index (κ3) is 4.01. The molecule has 2 N–H and O–H groups in total. The van der Waals surface area contributed by atoms with Gasteiger partial charge in [-0.3, -0.25) is 14.9 Å². The Morgan fingerprint density at radius 2 is 2.24 bits per heavy atom. The normalized spacial score (nSPS) is 21.8. The molecule has 114 valence electrons. The quantitative estimate of drug-likeness (QED) is 0.640. The lowest BCUT2D eigenvalue weighted by Gasteiger charge is -2.25. The summed E-state index contributed by atoms with van der Waals surface area (Å²) < 4.78 is 0.191. The van der Waals surface area contributed by atoms with E-state index in [4.69, 9.17) is 0 Å². The molecule has 0 aromatic heterocycles. The Morgan fingerprint density at radius 3 is 2.90 bits per heavy atom. The molecule has 0 spiro atoms. The van der Waals surface area contributed by atoms with Gasteiger partial charge in [-0.2, -0.15) is 0 Å². The minimum absolute atomic E-state index is 0.129. The smallest absolute Gasteiger partial charge is 0.284 e. The summed E-state index contributed by atoms with van der Waals surface area (Å²) in [5, 5.41) is 23.3. The molecule has 0 bridgehead atoms. The van der Waals surface area contributed by atoms with E-state index >= 15 is 0 Å². The maximum absolute atomic E-state index is 12.1. The average molecular weight is 357 g/mol. The van der Waals surface area contributed by atoms with Crippen LogP contribution in [-0.4, -0.2) is 28.6 Å². The second-order valence-corrected chi connectivity index (χ2v) is 6.09. The van der Waals surface area contributed by atoms with Gasteiger partial charge in [-0.15, -0.1) is 0 Å². The Balaban J connectivity index is 2.00. The number of nitrogens with zero attached hydrogens (tertiary/aromatic N) is 1. The molecule has 1 saturated carbocycles. The minimum Gasteiger partial charge on any atom is -0.393 e. The van der Waals surface area contributed by atoms with E-state index in [0.717, 1.165) is 19.3 Å². The Labute approximate surface area is 130 Å². The fraction of sp³-hybridized carbons (Fsp3) is 0.500. The van der Waals surface area contributed by atoms with Gasteiger partial charge in [0, 0.05) is 12.6 Å². The number of hydrogen-bond donors (Lipinski definition) is 2. The molecule has 2 atom stereocenters. The molecule has 1 fully saturated rings. The summed E-state index contributed by atoms with van der Waals surface area (Å²) in [6.07, 6.45) is 3.16. The summed E-state index contributed by atoms with van der Waals surface area (Å²) in [7, 11) is 0. The van der Waals surface area contributed by atoms with Gasteiger partial charge >= 0.3 is 0 Å². The standard InChI is InChI=1S/C14H17BrN2O4/c15-13-11(5-2-6-12(13)17(20)21)14(19)16-8-9-3-1-4-10(18)7-9/h2,5-6,9-10,18H,1,3-4,7-8H2,(H,16,19). The van der Waals surface area contributed by atoms with Crippen LogP contribution in [0.15, 0.2) is 22.7 Å². The summed E-state index contributed by atoms with van der Waals surface area (Å²) in [5.74, 6) is -0.0826. The first-order chi connectivity index (χ1) is 9.99. The number of nitro groups is 1. The largest absolute Gasteiger partial charge is 0.393 e. The molecule has 0 radical (unpaired) electrons. The van der Waals surface area contributed by atoms with Gasteiger partial charge in [0.15, 0.2) is 0 Å². The predicted molar refractivity (Wildman–Crippen MR) is 81.1 cm³/mol. The minimum atomic E-state index is -0.529. The SMILES string of the molecule is O=C(NCC1CCCC(O)C1)c1cccc([N+](=O)[O-])c1Br. The third-order valence-corrected chi connectivity index (χ3v) is 4.56. The van der Waals surface area contributed by atoms with E-state index in [-0.39, 0.29) is 33.7 Å². The number of carbonyl (C=O) groups excluding carboxylic acids is 1. The van der Waals surface area contributed by atoms with Crippen LogP contribution in [0.1, 0.15) is 36.0 Å². The summed E-state index contributed by atoms with van der Waals surface area (Å²) in [6.45, 7) is 0.477. The summed E-state index contributed by atoms with van der Waals surface area (Å²) in [5.41, 5.74) is 0.122. The molecule has 1 aliphatic rings. The van der Waals surface area contributed by atoms with Crippen LogP contribution in [0, 0.1) is 16.0 Å². The van der Waals surface area contributed by atoms with Crippen molar-refractivity contribution < 1.29 is 14.8 Å². The molecule has 1 aliphatic carbocycles. The van der Waals surface area contributed by atoms with Crippen LogP contribution in [0.4, 0.5) is 5.69 Å². The molecule has 2 unspecified atom stereocenters. The lowest BCUT2D eigenvalue weighted by atomic mass is 9.87. The van der Waals surface area contributed by atoms with Crippen LogP contribution in [0.5, 0.6) is 0 Å². The molecular formula is C14H17BrN2O4. The second kappa shape index (κ2) is 7.00. The molecule has 21 heavy (non-hydrogen) atoms. The predicted octanol–water partition coefficient (Wildman–Crippen LogP) is 2.64. The topological polar surface area (TPSA) is 92.5 Å². The van der Waals surface area contributed by atoms with Crippen molar-refractivity contribution in [2.75, 3.05) is 6.54 Å². The monoisotopic (exact) mass is 356 g/mol. The third-order valence-electron chi connectivity index (χ3n) is 3.73. The molecule has 6 nitrogen and oxygen atoms in total. The molecule has 1 aromatic rings. The second-order valence-electron chi connectivity index (χ2n) is 5.29. The van der Waals surface area contributed by atoms with E-state index in [1.54, 1.807) is 6.07 Å². The van der Waals surface area contributed by atoms with Gasteiger partial charge in [0.2, 0.25) is 0 Å². The number of hydrogen-bond acceptors (Lipinski definition) is 4. The average Bonchev–Trinajstić information content (AvgIpc) is 2.45. The molecule has 1 aromatic carbocycles. The van der Waals surface area contributed by atoms with Crippen molar-refractivity contribution in [2.45, 2.75) is 31.8 Å².